The molecule has 4 heterocycles. The zero-order chi connectivity index (χ0) is 28.4. The molecule has 3 aliphatic rings. The molecule has 40 heavy (non-hydrogen) atoms. The number of benzene rings is 1. The maximum absolute atomic E-state index is 13.3. The van der Waals surface area contributed by atoms with Crippen LogP contribution in [-0.4, -0.2) is 96.7 Å². The van der Waals surface area contributed by atoms with Crippen LogP contribution in [0.25, 0.3) is 4.85 Å². The van der Waals surface area contributed by atoms with Gasteiger partial charge in [0, 0.05) is 43.5 Å². The number of nitrogens with zero attached hydrogens (tertiary/aromatic N) is 7. The first kappa shape index (κ1) is 27.8. The lowest BCUT2D eigenvalue weighted by atomic mass is 10.0. The first-order valence-electron chi connectivity index (χ1n) is 13.9. The van der Waals surface area contributed by atoms with Gasteiger partial charge < -0.3 is 29.2 Å². The number of rotatable bonds is 7. The molecule has 0 unspecified atom stereocenters. The van der Waals surface area contributed by atoms with Crippen molar-refractivity contribution in [3.8, 4) is 6.01 Å². The molecular formula is C29H36FN7O3. The van der Waals surface area contributed by atoms with Crippen LogP contribution in [0.1, 0.15) is 35.2 Å². The molecule has 2 aromatic rings. The average Bonchev–Trinajstić information content (AvgIpc) is 3.36. The third-order valence-corrected chi connectivity index (χ3v) is 8.53. The highest BCUT2D eigenvalue weighted by Gasteiger charge is 2.37. The number of piperazine rings is 1. The number of likely N-dealkylation sites (N-methyl/N-ethyl adjacent to an activating group) is 1. The Bertz CT molecular complexity index is 1330. The Morgan fingerprint density at radius 2 is 1.95 bits per heavy atom. The van der Waals surface area contributed by atoms with Gasteiger partial charge in [-0.25, -0.2) is 11.4 Å². The van der Waals surface area contributed by atoms with Gasteiger partial charge in [0.25, 0.3) is 0 Å². The van der Waals surface area contributed by atoms with Crippen molar-refractivity contribution >= 4 is 23.4 Å². The number of aryl methyl sites for hydroxylation is 1. The predicted molar refractivity (Wildman–Crippen MR) is 149 cm³/mol. The molecule has 0 spiro atoms. The molecule has 2 atom stereocenters. The summed E-state index contributed by atoms with van der Waals surface area (Å²) < 4.78 is 19.5. The highest BCUT2D eigenvalue weighted by molar-refractivity contribution is 6.32. The molecule has 1 aromatic carbocycles. The highest BCUT2D eigenvalue weighted by atomic mass is 19.1. The molecular weight excluding hydrogens is 513 g/mol. The fourth-order valence-corrected chi connectivity index (χ4v) is 6.05. The van der Waals surface area contributed by atoms with E-state index in [0.717, 1.165) is 49.4 Å². The summed E-state index contributed by atoms with van der Waals surface area (Å²) in [6.07, 6.45) is 2.92. The van der Waals surface area contributed by atoms with E-state index in [0.29, 0.717) is 31.7 Å². The van der Waals surface area contributed by atoms with Gasteiger partial charge >= 0.3 is 18.0 Å². The second-order valence-corrected chi connectivity index (χ2v) is 10.9. The average molecular weight is 550 g/mol. The first-order valence-corrected chi connectivity index (χ1v) is 13.9. The molecule has 11 heteroatoms. The zero-order valence-electron chi connectivity index (χ0n) is 23.4. The summed E-state index contributed by atoms with van der Waals surface area (Å²) in [5.74, 6) is -0.457. The number of fused-ring (bicyclic) bond motifs is 1. The smallest absolute Gasteiger partial charge is 0.389 e. The van der Waals surface area contributed by atoms with Gasteiger partial charge in [0.1, 0.15) is 18.5 Å². The topological polar surface area (TPSA) is 86.5 Å². The Morgan fingerprint density at radius 1 is 1.12 bits per heavy atom. The lowest BCUT2D eigenvalue weighted by Gasteiger charge is -2.40. The Balaban J connectivity index is 1.46. The van der Waals surface area contributed by atoms with Gasteiger partial charge in [-0.1, -0.05) is 12.1 Å². The number of hydrogen-bond donors (Lipinski definition) is 0. The van der Waals surface area contributed by atoms with Gasteiger partial charge in [-0.2, -0.15) is 14.4 Å². The van der Waals surface area contributed by atoms with E-state index in [1.165, 1.54) is 21.7 Å². The summed E-state index contributed by atoms with van der Waals surface area (Å²) in [5.41, 5.74) is 5.58. The lowest BCUT2D eigenvalue weighted by molar-refractivity contribution is -0.152. The van der Waals surface area contributed by atoms with E-state index in [4.69, 9.17) is 21.3 Å². The summed E-state index contributed by atoms with van der Waals surface area (Å²) in [7, 11) is 2.10. The lowest BCUT2D eigenvalue weighted by Crippen LogP contribution is -2.58. The van der Waals surface area contributed by atoms with Gasteiger partial charge in [-0.05, 0) is 63.9 Å². The van der Waals surface area contributed by atoms with Crippen LogP contribution in [0.15, 0.2) is 18.2 Å². The summed E-state index contributed by atoms with van der Waals surface area (Å²) in [4.78, 5) is 44.4. The molecule has 0 saturated carbocycles. The molecule has 0 aliphatic carbocycles. The van der Waals surface area contributed by atoms with Crippen molar-refractivity contribution in [1.82, 2.24) is 19.8 Å². The Labute approximate surface area is 234 Å². The monoisotopic (exact) mass is 549 g/mol. The minimum atomic E-state index is -2.00. The van der Waals surface area contributed by atoms with Gasteiger partial charge in [-0.15, -0.1) is 0 Å². The number of carbonyl (C=O) groups is 2. The van der Waals surface area contributed by atoms with E-state index < -0.39 is 18.0 Å². The number of ether oxygens (including phenoxy) is 1. The van der Waals surface area contributed by atoms with E-state index in [-0.39, 0.29) is 19.6 Å². The second-order valence-electron chi connectivity index (χ2n) is 10.9. The van der Waals surface area contributed by atoms with Gasteiger partial charge in [-0.3, -0.25) is 4.79 Å². The maximum atomic E-state index is 13.3. The van der Waals surface area contributed by atoms with Crippen LogP contribution >= 0.6 is 0 Å². The molecule has 0 radical (unpaired) electrons. The van der Waals surface area contributed by atoms with Crippen LogP contribution in [-0.2, 0) is 22.6 Å². The molecule has 0 N–H and O–H groups in total. The maximum Gasteiger partial charge on any atom is 0.389 e. The largest absolute Gasteiger partial charge is 0.462 e. The fraction of sp³-hybridized carbons (Fsp3) is 0.552. The number of hydrogen-bond acceptors (Lipinski definition) is 8. The molecule has 3 aliphatic heterocycles. The summed E-state index contributed by atoms with van der Waals surface area (Å²) in [6.45, 7) is 15.3. The van der Waals surface area contributed by atoms with Gasteiger partial charge in [0.2, 0.25) is 6.54 Å². The molecule has 2 fully saturated rings. The molecule has 5 rings (SSSR count). The Kier molecular flexibility index (Phi) is 8.17. The normalized spacial score (nSPS) is 21.2. The second kappa shape index (κ2) is 11.8. The number of anilines is 2. The summed E-state index contributed by atoms with van der Waals surface area (Å²) in [5, 5.41) is 0. The number of amides is 1. The van der Waals surface area contributed by atoms with Crippen LogP contribution in [0.4, 0.5) is 15.9 Å². The van der Waals surface area contributed by atoms with E-state index in [1.807, 2.05) is 4.90 Å². The van der Waals surface area contributed by atoms with Crippen molar-refractivity contribution in [3.05, 3.63) is 52.0 Å². The van der Waals surface area contributed by atoms with E-state index in [1.54, 1.807) is 0 Å². The van der Waals surface area contributed by atoms with E-state index in [9.17, 15) is 14.0 Å². The number of likely N-dealkylation sites (tertiary alicyclic amines) is 1. The minimum absolute atomic E-state index is 0.0272. The first-order chi connectivity index (χ1) is 19.3. The minimum Gasteiger partial charge on any atom is -0.462 e. The quantitative estimate of drug-likeness (QED) is 0.296. The van der Waals surface area contributed by atoms with Crippen LogP contribution in [0.3, 0.4) is 0 Å². The van der Waals surface area contributed by atoms with Crippen molar-refractivity contribution < 1.29 is 18.7 Å². The molecule has 212 valence electrons. The van der Waals surface area contributed by atoms with Gasteiger partial charge in [0.05, 0.1) is 12.2 Å². The summed E-state index contributed by atoms with van der Waals surface area (Å²) in [6, 6.07) is 4.34. The molecule has 2 saturated heterocycles. The van der Waals surface area contributed by atoms with Crippen LogP contribution in [0.2, 0.25) is 0 Å². The van der Waals surface area contributed by atoms with Crippen LogP contribution in [0.5, 0.6) is 6.01 Å². The SMILES string of the molecule is [C-]#[N+]C[C@H]1CN(c2nc(OC[C@@H]3CCCN3C)nc3c2CCN(c2cccc(C)c2C)C3)CCN1C(=O)C(=O)F. The number of aromatic nitrogens is 2. The van der Waals surface area contributed by atoms with Crippen LogP contribution < -0.4 is 14.5 Å². The van der Waals surface area contributed by atoms with Crippen molar-refractivity contribution in [2.75, 3.05) is 62.7 Å². The van der Waals surface area contributed by atoms with E-state index in [2.05, 4.69) is 53.7 Å². The standard InChI is InChI=1S/C29H36FN7O3/c1-19-7-5-9-25(20(19)2)35-12-10-23-24(17-35)32-29(40-18-21-8-6-11-34(21)4)33-27(23)36-13-14-37(28(39)26(30)38)22(16-36)15-31-3/h5,7,9,21-22H,6,8,10-18H2,1-2,4H3/t21-,22-/m0/s1. The summed E-state index contributed by atoms with van der Waals surface area (Å²) >= 11 is 0. The highest BCUT2D eigenvalue weighted by Crippen LogP contribution is 2.34. The van der Waals surface area contributed by atoms with Crippen molar-refractivity contribution in [2.45, 2.75) is 51.7 Å². The zero-order valence-corrected chi connectivity index (χ0v) is 23.4. The van der Waals surface area contributed by atoms with Crippen molar-refractivity contribution in [2.24, 2.45) is 0 Å². The fourth-order valence-electron chi connectivity index (χ4n) is 6.05. The molecule has 1 amide bonds. The Hall–Kier alpha value is -3.78. The van der Waals surface area contributed by atoms with Crippen molar-refractivity contribution in [1.29, 1.82) is 0 Å². The van der Waals surface area contributed by atoms with Crippen LogP contribution in [0, 0.1) is 20.4 Å². The molecule has 1 aromatic heterocycles. The third-order valence-electron chi connectivity index (χ3n) is 8.53. The predicted octanol–water partition coefficient (Wildman–Crippen LogP) is 2.56. The van der Waals surface area contributed by atoms with Crippen molar-refractivity contribution in [3.63, 3.8) is 0 Å². The number of carbonyl (C=O) groups excluding carboxylic acids is 2. The van der Waals surface area contributed by atoms with Gasteiger partial charge in [0.15, 0.2) is 0 Å². The molecule has 10 nitrogen and oxygen atoms in total. The Morgan fingerprint density at radius 3 is 2.67 bits per heavy atom. The molecule has 0 bridgehead atoms. The third kappa shape index (κ3) is 5.59. The number of halogens is 1. The van der Waals surface area contributed by atoms with E-state index >= 15 is 0 Å².